The van der Waals surface area contributed by atoms with Gasteiger partial charge in [0.25, 0.3) is 5.91 Å². The average Bonchev–Trinajstić information content (AvgIpc) is 2.74. The molecule has 0 aromatic heterocycles. The topological polar surface area (TPSA) is 98.7 Å². The Hall–Kier alpha value is -3.61. The second-order valence-corrected chi connectivity index (χ2v) is 7.37. The minimum atomic E-state index is -0.384. The number of aromatic hydroxyl groups is 1. The number of hydrogen-bond donors (Lipinski definition) is 3. The van der Waals surface area contributed by atoms with E-state index in [0.29, 0.717) is 12.6 Å². The monoisotopic (exact) mass is 409 g/mol. The van der Waals surface area contributed by atoms with Gasteiger partial charge in [0.05, 0.1) is 17.3 Å². The number of phenolic OH excluding ortho intramolecular Hbond substituents is 1. The normalized spacial score (nSPS) is 12.6. The van der Waals surface area contributed by atoms with Crippen molar-refractivity contribution in [3.8, 4) is 5.75 Å². The number of benzene rings is 2. The number of nitrogens with zero attached hydrogens (tertiary/aromatic N) is 1. The van der Waals surface area contributed by atoms with E-state index in [0.717, 1.165) is 5.56 Å². The van der Waals surface area contributed by atoms with Gasteiger partial charge in [0.15, 0.2) is 18.3 Å². The Morgan fingerprint density at radius 2 is 1.60 bits per heavy atom. The highest BCUT2D eigenvalue weighted by Gasteiger charge is 2.20. The molecule has 0 fully saturated rings. The van der Waals surface area contributed by atoms with Crippen LogP contribution in [0.3, 0.4) is 0 Å². The number of carbonyl (C=O) groups excluding carboxylic acids is 3. The van der Waals surface area contributed by atoms with Crippen LogP contribution in [0.25, 0.3) is 0 Å². The van der Waals surface area contributed by atoms with Crippen LogP contribution in [0.5, 0.6) is 5.75 Å². The van der Waals surface area contributed by atoms with E-state index in [9.17, 15) is 19.5 Å². The van der Waals surface area contributed by atoms with E-state index in [1.165, 1.54) is 17.0 Å². The molecule has 0 bridgehead atoms. The predicted octanol–water partition coefficient (Wildman–Crippen LogP) is 3.10. The van der Waals surface area contributed by atoms with Crippen molar-refractivity contribution >= 4 is 24.2 Å². The van der Waals surface area contributed by atoms with Crippen LogP contribution in [0, 0.1) is 5.92 Å². The van der Waals surface area contributed by atoms with Gasteiger partial charge >= 0.3 is 0 Å². The number of anilines is 1. The number of rotatable bonds is 9. The van der Waals surface area contributed by atoms with E-state index in [-0.39, 0.29) is 46.3 Å². The maximum Gasteiger partial charge on any atom is 0.257 e. The highest BCUT2D eigenvalue weighted by atomic mass is 16.3. The molecule has 2 aromatic carbocycles. The SMILES string of the molecule is CC(C)C(N/C(C=O)=C(/C=O)Nc1cccc(C(=O)N(C)C)c1O)c1ccccc1. The zero-order chi connectivity index (χ0) is 22.3. The smallest absolute Gasteiger partial charge is 0.257 e. The minimum Gasteiger partial charge on any atom is -0.505 e. The van der Waals surface area contributed by atoms with Crippen LogP contribution < -0.4 is 10.6 Å². The molecule has 2 aromatic rings. The maximum atomic E-state index is 12.2. The van der Waals surface area contributed by atoms with Crippen molar-refractivity contribution in [1.82, 2.24) is 10.2 Å². The molecule has 0 radical (unpaired) electrons. The van der Waals surface area contributed by atoms with Crippen molar-refractivity contribution in [2.45, 2.75) is 19.9 Å². The summed E-state index contributed by atoms with van der Waals surface area (Å²) < 4.78 is 0. The number of amides is 1. The number of aldehydes is 2. The molecular formula is C23H27N3O4. The predicted molar refractivity (Wildman–Crippen MR) is 116 cm³/mol. The highest BCUT2D eigenvalue weighted by Crippen LogP contribution is 2.30. The largest absolute Gasteiger partial charge is 0.505 e. The van der Waals surface area contributed by atoms with Gasteiger partial charge < -0.3 is 20.6 Å². The summed E-state index contributed by atoms with van der Waals surface area (Å²) in [6.45, 7) is 4.01. The van der Waals surface area contributed by atoms with Gasteiger partial charge in [-0.2, -0.15) is 0 Å². The zero-order valence-electron chi connectivity index (χ0n) is 17.5. The summed E-state index contributed by atoms with van der Waals surface area (Å²) in [4.78, 5) is 37.1. The Bertz CT molecular complexity index is 937. The molecule has 0 aliphatic carbocycles. The Morgan fingerprint density at radius 1 is 0.967 bits per heavy atom. The molecule has 30 heavy (non-hydrogen) atoms. The molecule has 0 saturated heterocycles. The van der Waals surface area contributed by atoms with Gasteiger partial charge in [-0.05, 0) is 23.6 Å². The molecule has 0 aliphatic heterocycles. The first-order chi connectivity index (χ1) is 14.3. The van der Waals surface area contributed by atoms with Gasteiger partial charge in [-0.3, -0.25) is 14.4 Å². The minimum absolute atomic E-state index is 0.0451. The Morgan fingerprint density at radius 3 is 2.13 bits per heavy atom. The first kappa shape index (κ1) is 22.7. The third-order valence-electron chi connectivity index (χ3n) is 4.60. The van der Waals surface area contributed by atoms with Crippen molar-refractivity contribution in [2.24, 2.45) is 5.92 Å². The van der Waals surface area contributed by atoms with Gasteiger partial charge in [0.2, 0.25) is 0 Å². The van der Waals surface area contributed by atoms with E-state index in [4.69, 9.17) is 0 Å². The number of para-hydroxylation sites is 1. The number of phenols is 1. The molecule has 1 unspecified atom stereocenters. The third-order valence-corrected chi connectivity index (χ3v) is 4.60. The second kappa shape index (κ2) is 10.2. The van der Waals surface area contributed by atoms with Crippen molar-refractivity contribution in [3.63, 3.8) is 0 Å². The van der Waals surface area contributed by atoms with Crippen LogP contribution in [0.15, 0.2) is 59.9 Å². The van der Waals surface area contributed by atoms with Crippen molar-refractivity contribution in [2.75, 3.05) is 19.4 Å². The molecule has 3 N–H and O–H groups in total. The number of nitrogens with one attached hydrogen (secondary N) is 2. The lowest BCUT2D eigenvalue weighted by Gasteiger charge is -2.25. The van der Waals surface area contributed by atoms with Gasteiger partial charge in [0, 0.05) is 14.1 Å². The van der Waals surface area contributed by atoms with Crippen molar-refractivity contribution < 1.29 is 19.5 Å². The first-order valence-electron chi connectivity index (χ1n) is 9.56. The van der Waals surface area contributed by atoms with Gasteiger partial charge in [-0.1, -0.05) is 50.2 Å². The summed E-state index contributed by atoms with van der Waals surface area (Å²) in [5.74, 6) is -0.556. The second-order valence-electron chi connectivity index (χ2n) is 7.37. The van der Waals surface area contributed by atoms with E-state index < -0.39 is 0 Å². The summed E-state index contributed by atoms with van der Waals surface area (Å²) in [7, 11) is 3.14. The molecule has 158 valence electrons. The van der Waals surface area contributed by atoms with E-state index in [1.807, 2.05) is 44.2 Å². The molecule has 7 heteroatoms. The third kappa shape index (κ3) is 5.26. The Balaban J connectivity index is 2.40. The van der Waals surface area contributed by atoms with Crippen LogP contribution in [0.1, 0.15) is 35.8 Å². The van der Waals surface area contributed by atoms with E-state index >= 15 is 0 Å². The maximum absolute atomic E-state index is 12.2. The lowest BCUT2D eigenvalue weighted by molar-refractivity contribution is -0.107. The van der Waals surface area contributed by atoms with Crippen LogP contribution in [-0.4, -0.2) is 42.6 Å². The Kier molecular flexibility index (Phi) is 7.75. The van der Waals surface area contributed by atoms with E-state index in [2.05, 4.69) is 10.6 Å². The molecule has 0 aliphatic rings. The molecule has 1 atom stereocenters. The van der Waals surface area contributed by atoms with Crippen LogP contribution >= 0.6 is 0 Å². The standard InChI is InChI=1S/C23H27N3O4/c1-15(2)21(16-9-6-5-7-10-16)25-20(14-28)19(13-27)24-18-12-8-11-17(22(18)29)23(30)26(3)4/h5-15,21,24-25,29H,1-4H3/b20-19-. The molecule has 2 rings (SSSR count). The molecule has 0 saturated carbocycles. The highest BCUT2D eigenvalue weighted by molar-refractivity contribution is 5.99. The van der Waals surface area contributed by atoms with Crippen molar-refractivity contribution in [3.05, 3.63) is 71.1 Å². The van der Waals surface area contributed by atoms with Crippen molar-refractivity contribution in [1.29, 1.82) is 0 Å². The fourth-order valence-corrected chi connectivity index (χ4v) is 3.00. The summed E-state index contributed by atoms with van der Waals surface area (Å²) in [5, 5.41) is 16.4. The lowest BCUT2D eigenvalue weighted by Crippen LogP contribution is -2.28. The molecule has 0 spiro atoms. The Labute approximate surface area is 176 Å². The van der Waals surface area contributed by atoms with E-state index in [1.54, 1.807) is 20.2 Å². The van der Waals surface area contributed by atoms with Gasteiger partial charge in [0.1, 0.15) is 11.4 Å². The molecule has 7 nitrogen and oxygen atoms in total. The number of allylic oxidation sites excluding steroid dienone is 2. The zero-order valence-corrected chi connectivity index (χ0v) is 17.5. The molecule has 0 heterocycles. The quantitative estimate of drug-likeness (QED) is 0.334. The van der Waals surface area contributed by atoms with Gasteiger partial charge in [-0.15, -0.1) is 0 Å². The number of carbonyl (C=O) groups is 3. The fourth-order valence-electron chi connectivity index (χ4n) is 3.00. The average molecular weight is 409 g/mol. The fraction of sp³-hybridized carbons (Fsp3) is 0.261. The van der Waals surface area contributed by atoms with Crippen LogP contribution in [-0.2, 0) is 9.59 Å². The molecular weight excluding hydrogens is 382 g/mol. The van der Waals surface area contributed by atoms with Crippen LogP contribution in [0.2, 0.25) is 0 Å². The first-order valence-corrected chi connectivity index (χ1v) is 9.56. The van der Waals surface area contributed by atoms with Gasteiger partial charge in [-0.25, -0.2) is 0 Å². The lowest BCUT2D eigenvalue weighted by atomic mass is 9.95. The summed E-state index contributed by atoms with van der Waals surface area (Å²) >= 11 is 0. The molecule has 1 amide bonds. The summed E-state index contributed by atoms with van der Waals surface area (Å²) in [6.07, 6.45) is 1.06. The van der Waals surface area contributed by atoms with Crippen LogP contribution in [0.4, 0.5) is 5.69 Å². The summed E-state index contributed by atoms with van der Waals surface area (Å²) in [5.41, 5.74) is 1.21. The number of hydrogen-bond acceptors (Lipinski definition) is 6. The summed E-state index contributed by atoms with van der Waals surface area (Å²) in [6, 6.07) is 14.0.